The summed E-state index contributed by atoms with van der Waals surface area (Å²) in [5.41, 5.74) is 5.33. The van der Waals surface area contributed by atoms with Crippen molar-refractivity contribution in [1.82, 2.24) is 10.6 Å². The third-order valence-corrected chi connectivity index (χ3v) is 4.95. The summed E-state index contributed by atoms with van der Waals surface area (Å²) in [6.07, 6.45) is 0. The number of thiocarbonyl (C=S) groups is 1. The Bertz CT molecular complexity index is 906. The first kappa shape index (κ1) is 18.4. The largest absolute Gasteiger partial charge is 0.351 e. The molecule has 1 atom stereocenters. The van der Waals surface area contributed by atoms with Crippen molar-refractivity contribution in [1.29, 1.82) is 0 Å². The van der Waals surface area contributed by atoms with Gasteiger partial charge in [0, 0.05) is 16.4 Å². The molecule has 1 amide bonds. The van der Waals surface area contributed by atoms with Crippen LogP contribution in [0.2, 0.25) is 5.02 Å². The smallest absolute Gasteiger partial charge is 0.255 e. The van der Waals surface area contributed by atoms with Gasteiger partial charge in [-0.1, -0.05) is 29.8 Å². The quantitative estimate of drug-likeness (QED) is 0.686. The van der Waals surface area contributed by atoms with E-state index < -0.39 is 0 Å². The molecule has 1 heterocycles. The molecule has 0 radical (unpaired) electrons. The molecule has 3 N–H and O–H groups in total. The van der Waals surface area contributed by atoms with Crippen LogP contribution in [0.15, 0.2) is 53.7 Å². The molecule has 2 aromatic rings. The number of nitrogens with one attached hydrogen (secondary N) is 3. The van der Waals surface area contributed by atoms with Crippen LogP contribution in [-0.2, 0) is 4.79 Å². The van der Waals surface area contributed by atoms with Gasteiger partial charge < -0.3 is 16.0 Å². The molecule has 1 aliphatic rings. The number of anilines is 1. The van der Waals surface area contributed by atoms with Crippen LogP contribution >= 0.6 is 23.8 Å². The second-order valence-corrected chi connectivity index (χ2v) is 7.22. The minimum Gasteiger partial charge on any atom is -0.351 e. The Kier molecular flexibility index (Phi) is 5.30. The third-order valence-electron chi connectivity index (χ3n) is 4.48. The molecule has 2 aromatic carbocycles. The molecule has 0 spiro atoms. The predicted octanol–water partition coefficient (Wildman–Crippen LogP) is 4.39. The van der Waals surface area contributed by atoms with Crippen molar-refractivity contribution in [2.75, 3.05) is 5.32 Å². The Morgan fingerprint density at radius 3 is 2.42 bits per heavy atom. The zero-order chi connectivity index (χ0) is 18.8. The molecule has 0 bridgehead atoms. The van der Waals surface area contributed by atoms with Crippen molar-refractivity contribution in [3.8, 4) is 0 Å². The normalized spacial score (nSPS) is 16.8. The highest BCUT2D eigenvalue weighted by Crippen LogP contribution is 2.29. The second kappa shape index (κ2) is 7.48. The number of allylic oxidation sites excluding steroid dienone is 1. The highest BCUT2D eigenvalue weighted by molar-refractivity contribution is 7.80. The first-order valence-corrected chi connectivity index (χ1v) is 9.06. The fraction of sp³-hybridized carbons (Fsp3) is 0.200. The zero-order valence-electron chi connectivity index (χ0n) is 14.8. The summed E-state index contributed by atoms with van der Waals surface area (Å²) in [6.45, 7) is 5.92. The van der Waals surface area contributed by atoms with Gasteiger partial charge in [0.2, 0.25) is 0 Å². The number of aryl methyl sites for hydroxylation is 2. The van der Waals surface area contributed by atoms with E-state index in [4.69, 9.17) is 23.8 Å². The van der Waals surface area contributed by atoms with Gasteiger partial charge in [0.05, 0.1) is 11.6 Å². The average Bonchev–Trinajstić information content (AvgIpc) is 2.58. The van der Waals surface area contributed by atoms with Crippen molar-refractivity contribution in [2.24, 2.45) is 0 Å². The van der Waals surface area contributed by atoms with Crippen LogP contribution in [-0.4, -0.2) is 11.0 Å². The van der Waals surface area contributed by atoms with E-state index in [9.17, 15) is 4.79 Å². The number of rotatable bonds is 3. The summed E-state index contributed by atoms with van der Waals surface area (Å²) in [5.74, 6) is -0.173. The monoisotopic (exact) mass is 385 g/mol. The summed E-state index contributed by atoms with van der Waals surface area (Å²) in [7, 11) is 0. The fourth-order valence-corrected chi connectivity index (χ4v) is 3.31. The van der Waals surface area contributed by atoms with Gasteiger partial charge in [-0.2, -0.15) is 0 Å². The lowest BCUT2D eigenvalue weighted by Crippen LogP contribution is -2.45. The van der Waals surface area contributed by atoms with Gasteiger partial charge in [-0.15, -0.1) is 0 Å². The number of amides is 1. The summed E-state index contributed by atoms with van der Waals surface area (Å²) in [6, 6.07) is 12.9. The van der Waals surface area contributed by atoms with Gasteiger partial charge in [-0.25, -0.2) is 0 Å². The fourth-order valence-electron chi connectivity index (χ4n) is 2.92. The Hall–Kier alpha value is -2.37. The molecule has 1 aliphatic heterocycles. The van der Waals surface area contributed by atoms with Crippen LogP contribution < -0.4 is 16.0 Å². The topological polar surface area (TPSA) is 53.2 Å². The standard InChI is InChI=1S/C20H20ClN3OS/c1-11-4-9-16(10-12(11)2)23-19(25)17-13(3)22-20(26)24-18(17)14-5-7-15(21)8-6-14/h4-10,18H,1-3H3,(H,23,25)(H2,22,24,26)/t18-/m1/s1. The van der Waals surface area contributed by atoms with E-state index in [-0.39, 0.29) is 11.9 Å². The number of carbonyl (C=O) groups excluding carboxylic acids is 1. The van der Waals surface area contributed by atoms with Crippen molar-refractivity contribution in [2.45, 2.75) is 26.8 Å². The van der Waals surface area contributed by atoms with Crippen molar-refractivity contribution >= 4 is 40.5 Å². The zero-order valence-corrected chi connectivity index (χ0v) is 16.4. The van der Waals surface area contributed by atoms with E-state index in [1.54, 1.807) is 12.1 Å². The Balaban J connectivity index is 1.93. The summed E-state index contributed by atoms with van der Waals surface area (Å²) >= 11 is 11.3. The molecule has 3 rings (SSSR count). The van der Waals surface area contributed by atoms with Crippen molar-refractivity contribution in [3.05, 3.63) is 75.4 Å². The summed E-state index contributed by atoms with van der Waals surface area (Å²) in [5, 5.41) is 10.3. The molecular formula is C20H20ClN3OS. The molecule has 6 heteroatoms. The van der Waals surface area contributed by atoms with Gasteiger partial charge in [-0.05, 0) is 73.9 Å². The molecule has 0 aliphatic carbocycles. The molecule has 0 fully saturated rings. The third kappa shape index (κ3) is 3.89. The number of carbonyl (C=O) groups is 1. The maximum absolute atomic E-state index is 13.0. The molecular weight excluding hydrogens is 366 g/mol. The van der Waals surface area contributed by atoms with Crippen LogP contribution in [0.3, 0.4) is 0 Å². The number of halogens is 1. The molecule has 0 saturated carbocycles. The lowest BCUT2D eigenvalue weighted by Gasteiger charge is -2.30. The van der Waals surface area contributed by atoms with E-state index in [0.29, 0.717) is 15.7 Å². The van der Waals surface area contributed by atoms with Gasteiger partial charge in [0.1, 0.15) is 0 Å². The van der Waals surface area contributed by atoms with E-state index in [2.05, 4.69) is 16.0 Å². The maximum Gasteiger partial charge on any atom is 0.255 e. The summed E-state index contributed by atoms with van der Waals surface area (Å²) < 4.78 is 0. The number of hydrogen-bond donors (Lipinski definition) is 3. The van der Waals surface area contributed by atoms with Crippen molar-refractivity contribution in [3.63, 3.8) is 0 Å². The second-order valence-electron chi connectivity index (χ2n) is 6.37. The average molecular weight is 386 g/mol. The highest BCUT2D eigenvalue weighted by atomic mass is 35.5. The summed E-state index contributed by atoms with van der Waals surface area (Å²) in [4.78, 5) is 13.0. The van der Waals surface area contributed by atoms with Crippen LogP contribution in [0.1, 0.15) is 29.7 Å². The predicted molar refractivity (Wildman–Crippen MR) is 110 cm³/mol. The molecule has 0 aromatic heterocycles. The van der Waals surface area contributed by atoms with Gasteiger partial charge in [0.25, 0.3) is 5.91 Å². The van der Waals surface area contributed by atoms with Gasteiger partial charge in [0.15, 0.2) is 5.11 Å². The Labute approximate surface area is 163 Å². The van der Waals surface area contributed by atoms with Crippen LogP contribution in [0, 0.1) is 13.8 Å². The van der Waals surface area contributed by atoms with Crippen molar-refractivity contribution < 1.29 is 4.79 Å². The SMILES string of the molecule is CC1=C(C(=O)Nc2ccc(C)c(C)c2)[C@@H](c2ccc(Cl)cc2)NC(=S)N1. The Morgan fingerprint density at radius 1 is 1.08 bits per heavy atom. The van der Waals surface area contributed by atoms with Crippen LogP contribution in [0.4, 0.5) is 5.69 Å². The van der Waals surface area contributed by atoms with E-state index in [1.165, 1.54) is 5.56 Å². The number of hydrogen-bond acceptors (Lipinski definition) is 2. The van der Waals surface area contributed by atoms with Gasteiger partial charge in [-0.3, -0.25) is 4.79 Å². The lowest BCUT2D eigenvalue weighted by atomic mass is 9.95. The molecule has 0 saturated heterocycles. The van der Waals surface area contributed by atoms with E-state index in [0.717, 1.165) is 22.5 Å². The minimum atomic E-state index is -0.340. The molecule has 134 valence electrons. The molecule has 4 nitrogen and oxygen atoms in total. The van der Waals surface area contributed by atoms with E-state index >= 15 is 0 Å². The molecule has 0 unspecified atom stereocenters. The number of benzene rings is 2. The van der Waals surface area contributed by atoms with Gasteiger partial charge >= 0.3 is 0 Å². The van der Waals surface area contributed by atoms with Crippen LogP contribution in [0.25, 0.3) is 0 Å². The first-order chi connectivity index (χ1) is 12.3. The maximum atomic E-state index is 13.0. The highest BCUT2D eigenvalue weighted by Gasteiger charge is 2.29. The Morgan fingerprint density at radius 2 is 1.77 bits per heavy atom. The first-order valence-electron chi connectivity index (χ1n) is 8.27. The van der Waals surface area contributed by atoms with Crippen LogP contribution in [0.5, 0.6) is 0 Å². The minimum absolute atomic E-state index is 0.173. The van der Waals surface area contributed by atoms with E-state index in [1.807, 2.05) is 51.1 Å². The lowest BCUT2D eigenvalue weighted by molar-refractivity contribution is -0.113. The molecule has 26 heavy (non-hydrogen) atoms.